The fourth-order valence-electron chi connectivity index (χ4n) is 0.280. The molecule has 0 heterocycles. The average Bonchev–Trinajstić information content (AvgIpc) is 1.72. The standard InChI is InChI=1S/C4H10N2O.Zn/c1-5-4(3-7)6-2;/h3-6H,1-2H3;. The molecule has 0 aromatic heterocycles. The van der Waals surface area contributed by atoms with E-state index in [1.54, 1.807) is 14.1 Å². The van der Waals surface area contributed by atoms with Crippen molar-refractivity contribution in [2.24, 2.45) is 0 Å². The topological polar surface area (TPSA) is 41.1 Å². The van der Waals surface area contributed by atoms with Crippen LogP contribution in [0.4, 0.5) is 0 Å². The van der Waals surface area contributed by atoms with Gasteiger partial charge in [0.2, 0.25) is 0 Å². The first kappa shape index (κ1) is 11.1. The first-order chi connectivity index (χ1) is 3.35. The Balaban J connectivity index is 0. The van der Waals surface area contributed by atoms with E-state index in [0.717, 1.165) is 6.29 Å². The number of likely N-dealkylation sites (N-methyl/N-ethyl adjacent to an activating group) is 2. The van der Waals surface area contributed by atoms with Crippen molar-refractivity contribution < 1.29 is 24.3 Å². The molecule has 0 saturated carbocycles. The number of hydrogen-bond acceptors (Lipinski definition) is 3. The maximum atomic E-state index is 9.84. The normalized spacial score (nSPS) is 8.38. The van der Waals surface area contributed by atoms with E-state index in [4.69, 9.17) is 0 Å². The van der Waals surface area contributed by atoms with Crippen LogP contribution in [0.15, 0.2) is 0 Å². The van der Waals surface area contributed by atoms with Gasteiger partial charge in [0.15, 0.2) is 6.29 Å². The molecule has 0 aliphatic heterocycles. The van der Waals surface area contributed by atoms with Crippen molar-refractivity contribution in [3.05, 3.63) is 0 Å². The van der Waals surface area contributed by atoms with Gasteiger partial charge in [-0.05, 0) is 14.1 Å². The second kappa shape index (κ2) is 7.21. The van der Waals surface area contributed by atoms with Crippen molar-refractivity contribution in [1.29, 1.82) is 0 Å². The van der Waals surface area contributed by atoms with E-state index in [1.165, 1.54) is 0 Å². The van der Waals surface area contributed by atoms with Gasteiger partial charge < -0.3 is 4.79 Å². The summed E-state index contributed by atoms with van der Waals surface area (Å²) < 4.78 is 0. The number of carbonyl (C=O) groups is 1. The molecule has 0 rings (SSSR count). The Hall–Kier alpha value is 0.213. The van der Waals surface area contributed by atoms with E-state index in [-0.39, 0.29) is 25.6 Å². The predicted molar refractivity (Wildman–Crippen MR) is 28.0 cm³/mol. The summed E-state index contributed by atoms with van der Waals surface area (Å²) in [5.41, 5.74) is 0. The largest absolute Gasteiger partial charge is 0.300 e. The summed E-state index contributed by atoms with van der Waals surface area (Å²) in [6, 6.07) is 0. The fraction of sp³-hybridized carbons (Fsp3) is 0.750. The molecular weight excluding hydrogens is 157 g/mol. The third kappa shape index (κ3) is 4.37. The molecule has 44 valence electrons. The molecule has 0 radical (unpaired) electrons. The van der Waals surface area contributed by atoms with Crippen molar-refractivity contribution >= 4 is 6.29 Å². The molecule has 0 bridgehead atoms. The molecule has 0 aliphatic rings. The Bertz CT molecular complexity index is 56.0. The summed E-state index contributed by atoms with van der Waals surface area (Å²) in [4.78, 5) is 9.84. The minimum atomic E-state index is -0.194. The fourth-order valence-corrected chi connectivity index (χ4v) is 0.280. The van der Waals surface area contributed by atoms with Crippen molar-refractivity contribution in [3.63, 3.8) is 0 Å². The summed E-state index contributed by atoms with van der Waals surface area (Å²) in [5, 5.41) is 5.44. The van der Waals surface area contributed by atoms with Gasteiger partial charge in [0.25, 0.3) is 0 Å². The molecule has 0 aromatic rings. The number of hydrogen-bond donors (Lipinski definition) is 2. The Labute approximate surface area is 62.0 Å². The minimum Gasteiger partial charge on any atom is -0.300 e. The second-order valence-corrected chi connectivity index (χ2v) is 1.19. The van der Waals surface area contributed by atoms with Gasteiger partial charge in [0, 0.05) is 19.5 Å². The zero-order valence-corrected chi connectivity index (χ0v) is 8.24. The third-order valence-corrected chi connectivity index (χ3v) is 0.758. The molecule has 0 amide bonds. The predicted octanol–water partition coefficient (Wildman–Crippen LogP) is -1.05. The Morgan fingerprint density at radius 2 is 1.75 bits per heavy atom. The van der Waals surface area contributed by atoms with Crippen LogP contribution in [0.5, 0.6) is 0 Å². The van der Waals surface area contributed by atoms with Crippen molar-refractivity contribution in [2.75, 3.05) is 14.1 Å². The number of carbonyl (C=O) groups excluding carboxylic acids is 1. The maximum Gasteiger partial charge on any atom is 0.151 e. The first-order valence-corrected chi connectivity index (χ1v) is 2.15. The molecule has 0 saturated heterocycles. The quantitative estimate of drug-likeness (QED) is 0.320. The molecule has 2 N–H and O–H groups in total. The molecule has 0 atom stereocenters. The van der Waals surface area contributed by atoms with Crippen LogP contribution in [0.3, 0.4) is 0 Å². The van der Waals surface area contributed by atoms with Gasteiger partial charge in [-0.3, -0.25) is 10.6 Å². The summed E-state index contributed by atoms with van der Waals surface area (Å²) >= 11 is 0. The molecule has 0 aromatic carbocycles. The van der Waals surface area contributed by atoms with Crippen LogP contribution in [0, 0.1) is 0 Å². The zero-order chi connectivity index (χ0) is 5.70. The van der Waals surface area contributed by atoms with Crippen LogP contribution >= 0.6 is 0 Å². The van der Waals surface area contributed by atoms with Gasteiger partial charge in [0.05, 0.1) is 0 Å². The SMILES string of the molecule is CNC(C=O)NC.[Zn]. The van der Waals surface area contributed by atoms with E-state index < -0.39 is 0 Å². The van der Waals surface area contributed by atoms with Crippen LogP contribution in [0.25, 0.3) is 0 Å². The van der Waals surface area contributed by atoms with E-state index in [9.17, 15) is 4.79 Å². The van der Waals surface area contributed by atoms with Crippen LogP contribution in [-0.4, -0.2) is 26.5 Å². The first-order valence-electron chi connectivity index (χ1n) is 2.15. The Kier molecular flexibility index (Phi) is 9.98. The average molecular weight is 168 g/mol. The molecule has 0 unspecified atom stereocenters. The number of aldehydes is 1. The summed E-state index contributed by atoms with van der Waals surface area (Å²) in [7, 11) is 3.44. The number of nitrogens with one attached hydrogen (secondary N) is 2. The smallest absolute Gasteiger partial charge is 0.151 e. The summed E-state index contributed by atoms with van der Waals surface area (Å²) in [6.07, 6.45) is 0.611. The summed E-state index contributed by atoms with van der Waals surface area (Å²) in [5.74, 6) is 0. The zero-order valence-electron chi connectivity index (χ0n) is 5.27. The van der Waals surface area contributed by atoms with Gasteiger partial charge in [-0.2, -0.15) is 0 Å². The van der Waals surface area contributed by atoms with Crippen molar-refractivity contribution in [3.8, 4) is 0 Å². The van der Waals surface area contributed by atoms with Gasteiger partial charge in [-0.1, -0.05) is 0 Å². The number of rotatable bonds is 3. The minimum absolute atomic E-state index is 0. The van der Waals surface area contributed by atoms with Crippen LogP contribution < -0.4 is 10.6 Å². The van der Waals surface area contributed by atoms with E-state index in [0.29, 0.717) is 0 Å². The molecule has 0 fully saturated rings. The maximum absolute atomic E-state index is 9.84. The monoisotopic (exact) mass is 166 g/mol. The van der Waals surface area contributed by atoms with Crippen molar-refractivity contribution in [1.82, 2.24) is 10.6 Å². The molecule has 0 spiro atoms. The molecule has 3 nitrogen and oxygen atoms in total. The summed E-state index contributed by atoms with van der Waals surface area (Å²) in [6.45, 7) is 0. The van der Waals surface area contributed by atoms with E-state index >= 15 is 0 Å². The van der Waals surface area contributed by atoms with Gasteiger partial charge >= 0.3 is 0 Å². The van der Waals surface area contributed by atoms with Crippen LogP contribution in [0.1, 0.15) is 0 Å². The molecule has 4 heteroatoms. The second-order valence-electron chi connectivity index (χ2n) is 1.19. The molecular formula is C4H10N2OZn. The third-order valence-electron chi connectivity index (χ3n) is 0.758. The Morgan fingerprint density at radius 3 is 1.75 bits per heavy atom. The Morgan fingerprint density at radius 1 is 1.38 bits per heavy atom. The molecule has 8 heavy (non-hydrogen) atoms. The van der Waals surface area contributed by atoms with E-state index in [2.05, 4.69) is 10.6 Å². The van der Waals surface area contributed by atoms with Gasteiger partial charge in [-0.15, -0.1) is 0 Å². The van der Waals surface area contributed by atoms with Crippen molar-refractivity contribution in [2.45, 2.75) is 6.17 Å². The van der Waals surface area contributed by atoms with Crippen LogP contribution in [0.2, 0.25) is 0 Å². The van der Waals surface area contributed by atoms with Gasteiger partial charge in [0.1, 0.15) is 6.17 Å². The molecule has 0 aliphatic carbocycles. The van der Waals surface area contributed by atoms with Gasteiger partial charge in [-0.25, -0.2) is 0 Å². The van der Waals surface area contributed by atoms with E-state index in [1.807, 2.05) is 0 Å². The van der Waals surface area contributed by atoms with Crippen LogP contribution in [-0.2, 0) is 24.3 Å².